The maximum Gasteiger partial charge on any atom is 0.254 e. The molecule has 0 aliphatic rings. The highest BCUT2D eigenvalue weighted by molar-refractivity contribution is 8.00. The van der Waals surface area contributed by atoms with Gasteiger partial charge in [-0.3, -0.25) is 4.79 Å². The predicted molar refractivity (Wildman–Crippen MR) is 135 cm³/mol. The van der Waals surface area contributed by atoms with Gasteiger partial charge < -0.3 is 10.1 Å². The third-order valence-corrected chi connectivity index (χ3v) is 7.94. The predicted octanol–water partition coefficient (Wildman–Crippen LogP) is 4.76. The molecule has 0 atom stereocenters. The number of benzene rings is 2. The first-order valence-electron chi connectivity index (χ1n) is 10.8. The molecular formula is C26H23N3O4S2. The zero-order valence-electron chi connectivity index (χ0n) is 18.7. The number of carbonyl (C=O) groups is 1. The van der Waals surface area contributed by atoms with Crippen molar-refractivity contribution in [3.63, 3.8) is 0 Å². The van der Waals surface area contributed by atoms with Crippen molar-refractivity contribution < 1.29 is 17.9 Å². The molecular weight excluding hydrogens is 482 g/mol. The second kappa shape index (κ2) is 11.6. The van der Waals surface area contributed by atoms with Gasteiger partial charge in [0.15, 0.2) is 9.84 Å². The van der Waals surface area contributed by atoms with Gasteiger partial charge in [-0.1, -0.05) is 36.4 Å². The number of nitrogens with one attached hydrogen (secondary N) is 1. The fourth-order valence-electron chi connectivity index (χ4n) is 3.15. The Hall–Kier alpha value is -3.69. The first-order chi connectivity index (χ1) is 17.0. The lowest BCUT2D eigenvalue weighted by molar-refractivity contribution is 0.0947. The van der Waals surface area contributed by atoms with Crippen LogP contribution in [-0.2, 0) is 16.4 Å². The van der Waals surface area contributed by atoms with Gasteiger partial charge in [0.1, 0.15) is 10.8 Å². The summed E-state index contributed by atoms with van der Waals surface area (Å²) < 4.78 is 30.7. The van der Waals surface area contributed by atoms with Gasteiger partial charge in [0.25, 0.3) is 5.91 Å². The molecule has 0 aliphatic carbocycles. The quantitative estimate of drug-likeness (QED) is 0.310. The third-order valence-electron chi connectivity index (χ3n) is 4.95. The van der Waals surface area contributed by atoms with Gasteiger partial charge in [-0.25, -0.2) is 18.4 Å². The van der Waals surface area contributed by atoms with E-state index in [0.29, 0.717) is 28.8 Å². The van der Waals surface area contributed by atoms with E-state index in [4.69, 9.17) is 4.74 Å². The van der Waals surface area contributed by atoms with Crippen molar-refractivity contribution in [2.45, 2.75) is 16.5 Å². The minimum absolute atomic E-state index is 0.0494. The van der Waals surface area contributed by atoms with Crippen molar-refractivity contribution in [3.05, 3.63) is 108 Å². The molecule has 0 bridgehead atoms. The van der Waals surface area contributed by atoms with Gasteiger partial charge in [0, 0.05) is 30.8 Å². The number of nitrogens with zero attached hydrogens (tertiary/aromatic N) is 2. The smallest absolute Gasteiger partial charge is 0.254 e. The van der Waals surface area contributed by atoms with Gasteiger partial charge in [0.05, 0.1) is 16.2 Å². The van der Waals surface area contributed by atoms with E-state index in [1.165, 1.54) is 11.8 Å². The Morgan fingerprint density at radius 3 is 2.34 bits per heavy atom. The highest BCUT2D eigenvalue weighted by Crippen LogP contribution is 2.22. The van der Waals surface area contributed by atoms with Crippen LogP contribution < -0.4 is 10.1 Å². The number of pyridine rings is 2. The summed E-state index contributed by atoms with van der Waals surface area (Å²) in [6.45, 7) is 0.323. The number of aromatic nitrogens is 2. The fourth-order valence-corrected chi connectivity index (χ4v) is 5.82. The van der Waals surface area contributed by atoms with Crippen LogP contribution in [-0.4, -0.2) is 35.8 Å². The van der Waals surface area contributed by atoms with Crippen LogP contribution in [0, 0.1) is 0 Å². The Kier molecular flexibility index (Phi) is 8.12. The van der Waals surface area contributed by atoms with E-state index in [2.05, 4.69) is 15.3 Å². The summed E-state index contributed by atoms with van der Waals surface area (Å²) in [5.74, 6) is 1.11. The number of rotatable bonds is 10. The van der Waals surface area contributed by atoms with Crippen molar-refractivity contribution in [2.75, 3.05) is 11.5 Å². The molecule has 0 saturated heterocycles. The van der Waals surface area contributed by atoms with E-state index in [1.807, 2.05) is 36.4 Å². The summed E-state index contributed by atoms with van der Waals surface area (Å²) in [7, 11) is -3.40. The topological polar surface area (TPSA) is 98.2 Å². The van der Waals surface area contributed by atoms with Crippen LogP contribution in [0.2, 0.25) is 0 Å². The summed E-state index contributed by atoms with van der Waals surface area (Å²) in [6.07, 6.45) is 3.25. The number of ether oxygens (including phenoxy) is 1. The van der Waals surface area contributed by atoms with E-state index in [9.17, 15) is 13.2 Å². The molecule has 7 nitrogen and oxygen atoms in total. The molecule has 2 aromatic carbocycles. The van der Waals surface area contributed by atoms with E-state index >= 15 is 0 Å². The van der Waals surface area contributed by atoms with Crippen LogP contribution in [0.3, 0.4) is 0 Å². The molecule has 9 heteroatoms. The number of thioether (sulfide) groups is 1. The Balaban J connectivity index is 1.32. The van der Waals surface area contributed by atoms with Crippen LogP contribution in [0.25, 0.3) is 0 Å². The molecule has 0 fully saturated rings. The van der Waals surface area contributed by atoms with Crippen LogP contribution in [0.1, 0.15) is 15.9 Å². The highest BCUT2D eigenvalue weighted by atomic mass is 32.2. The van der Waals surface area contributed by atoms with E-state index in [1.54, 1.807) is 60.9 Å². The van der Waals surface area contributed by atoms with Crippen LogP contribution in [0.5, 0.6) is 11.6 Å². The highest BCUT2D eigenvalue weighted by Gasteiger charge is 2.17. The first kappa shape index (κ1) is 24.4. The van der Waals surface area contributed by atoms with Crippen molar-refractivity contribution in [3.8, 4) is 11.6 Å². The SMILES string of the molecule is O=C(NCc1ccc(Oc2ccccn2)cc1)c1cccnc1SCCS(=O)(=O)c1ccccc1. The van der Waals surface area contributed by atoms with Gasteiger partial charge >= 0.3 is 0 Å². The maximum atomic E-state index is 12.8. The molecule has 2 heterocycles. The third kappa shape index (κ3) is 6.91. The van der Waals surface area contributed by atoms with Crippen LogP contribution in [0.15, 0.2) is 107 Å². The normalized spacial score (nSPS) is 11.1. The minimum atomic E-state index is -3.40. The molecule has 0 spiro atoms. The lowest BCUT2D eigenvalue weighted by atomic mass is 10.2. The maximum absolute atomic E-state index is 12.8. The molecule has 178 valence electrons. The number of sulfone groups is 1. The van der Waals surface area contributed by atoms with Gasteiger partial charge in [-0.05, 0) is 48.0 Å². The summed E-state index contributed by atoms with van der Waals surface area (Å²) in [5, 5.41) is 3.39. The fraction of sp³-hybridized carbons (Fsp3) is 0.115. The molecule has 0 aliphatic heterocycles. The van der Waals surface area contributed by atoms with E-state index < -0.39 is 9.84 Å². The summed E-state index contributed by atoms with van der Waals surface area (Å²) in [5.41, 5.74) is 1.31. The molecule has 1 N–H and O–H groups in total. The number of carbonyl (C=O) groups excluding carboxylic acids is 1. The van der Waals surface area contributed by atoms with Crippen LogP contribution >= 0.6 is 11.8 Å². The standard InChI is InChI=1S/C26H23N3O4S2/c30-25(29-19-20-11-13-21(14-12-20)33-24-10-4-5-15-27-24)23-9-6-16-28-26(23)34-17-18-35(31,32)22-7-2-1-3-8-22/h1-16H,17-19H2,(H,29,30). The Labute approximate surface area is 208 Å². The molecule has 1 amide bonds. The van der Waals surface area contributed by atoms with Crippen molar-refractivity contribution in [1.82, 2.24) is 15.3 Å². The largest absolute Gasteiger partial charge is 0.439 e. The molecule has 4 aromatic rings. The first-order valence-corrected chi connectivity index (χ1v) is 13.5. The second-order valence-electron chi connectivity index (χ2n) is 7.43. The zero-order valence-corrected chi connectivity index (χ0v) is 20.3. The summed E-state index contributed by atoms with van der Waals surface area (Å²) >= 11 is 1.25. The molecule has 2 aromatic heterocycles. The lowest BCUT2D eigenvalue weighted by Crippen LogP contribution is -2.23. The molecule has 0 saturated carbocycles. The zero-order chi connectivity index (χ0) is 24.5. The van der Waals surface area contributed by atoms with Crippen LogP contribution in [0.4, 0.5) is 0 Å². The molecule has 0 radical (unpaired) electrons. The van der Waals surface area contributed by atoms with Crippen molar-refractivity contribution >= 4 is 27.5 Å². The molecule has 0 unspecified atom stereocenters. The Morgan fingerprint density at radius 2 is 1.60 bits per heavy atom. The average Bonchev–Trinajstić information content (AvgIpc) is 2.89. The van der Waals surface area contributed by atoms with Crippen molar-refractivity contribution in [2.24, 2.45) is 0 Å². The van der Waals surface area contributed by atoms with Gasteiger partial charge in [-0.15, -0.1) is 11.8 Å². The van der Waals surface area contributed by atoms with Gasteiger partial charge in [-0.2, -0.15) is 0 Å². The molecule has 35 heavy (non-hydrogen) atoms. The molecule has 4 rings (SSSR count). The monoisotopic (exact) mass is 505 g/mol. The van der Waals surface area contributed by atoms with Gasteiger partial charge in [0.2, 0.25) is 5.88 Å². The Morgan fingerprint density at radius 1 is 0.857 bits per heavy atom. The van der Waals surface area contributed by atoms with Crippen molar-refractivity contribution in [1.29, 1.82) is 0 Å². The number of amides is 1. The average molecular weight is 506 g/mol. The van der Waals surface area contributed by atoms with E-state index in [0.717, 1.165) is 5.56 Å². The second-order valence-corrected chi connectivity index (χ2v) is 10.6. The van der Waals surface area contributed by atoms with E-state index in [-0.39, 0.29) is 22.3 Å². The number of hydrogen-bond acceptors (Lipinski definition) is 7. The lowest BCUT2D eigenvalue weighted by Gasteiger charge is -2.10. The summed E-state index contributed by atoms with van der Waals surface area (Å²) in [4.78, 5) is 21.5. The summed E-state index contributed by atoms with van der Waals surface area (Å²) in [6, 6.07) is 24.5. The number of hydrogen-bond donors (Lipinski definition) is 1. The Bertz CT molecular complexity index is 1360. The minimum Gasteiger partial charge on any atom is -0.439 e.